The maximum Gasteiger partial charge on any atom is 0.319 e. The van der Waals surface area contributed by atoms with Crippen molar-refractivity contribution in [2.75, 3.05) is 5.32 Å². The number of hydrogen-bond acceptors (Lipinski definition) is 3. The van der Waals surface area contributed by atoms with Gasteiger partial charge in [0.2, 0.25) is 0 Å². The maximum atomic E-state index is 13.2. The van der Waals surface area contributed by atoms with E-state index in [-0.39, 0.29) is 11.3 Å². The van der Waals surface area contributed by atoms with Gasteiger partial charge in [-0.05, 0) is 43.7 Å². The molecule has 2 aromatic rings. The summed E-state index contributed by atoms with van der Waals surface area (Å²) in [5.41, 5.74) is 1.01. The van der Waals surface area contributed by atoms with E-state index in [1.807, 2.05) is 0 Å². The number of Topliss-reactive ketones (excluding diaryl/α,β-unsaturated/α-hetero) is 1. The van der Waals surface area contributed by atoms with Crippen LogP contribution in [0.2, 0.25) is 0 Å². The molecule has 2 amide bonds. The Hall–Kier alpha value is -2.80. The first-order valence-electron chi connectivity index (χ1n) is 7.59. The molecular weight excluding hydrogens is 330 g/mol. The summed E-state index contributed by atoms with van der Waals surface area (Å²) in [7, 11) is 0. The summed E-state index contributed by atoms with van der Waals surface area (Å²) < 4.78 is 26.2. The number of amides is 2. The molecular formula is C18H18F2N2O3. The quantitative estimate of drug-likeness (QED) is 0.725. The third-order valence-corrected chi connectivity index (χ3v) is 3.64. The van der Waals surface area contributed by atoms with Crippen molar-refractivity contribution in [1.29, 1.82) is 0 Å². The minimum atomic E-state index is -1.22. The van der Waals surface area contributed by atoms with E-state index in [1.54, 1.807) is 18.2 Å². The van der Waals surface area contributed by atoms with E-state index in [4.69, 9.17) is 0 Å². The lowest BCUT2D eigenvalue weighted by atomic mass is 10.0. The highest BCUT2D eigenvalue weighted by atomic mass is 19.2. The Kier molecular flexibility index (Phi) is 5.82. The molecule has 2 unspecified atom stereocenters. The molecule has 0 spiro atoms. The van der Waals surface area contributed by atoms with Crippen molar-refractivity contribution in [3.8, 4) is 0 Å². The molecule has 0 radical (unpaired) electrons. The molecule has 0 aliphatic carbocycles. The van der Waals surface area contributed by atoms with E-state index in [0.29, 0.717) is 11.3 Å². The molecule has 0 aliphatic heterocycles. The van der Waals surface area contributed by atoms with Gasteiger partial charge in [0.1, 0.15) is 0 Å². The number of aliphatic hydroxyl groups is 1. The molecule has 0 aromatic heterocycles. The van der Waals surface area contributed by atoms with Crippen LogP contribution in [0.4, 0.5) is 19.3 Å². The lowest BCUT2D eigenvalue weighted by Crippen LogP contribution is -2.39. The van der Waals surface area contributed by atoms with Crippen molar-refractivity contribution in [3.63, 3.8) is 0 Å². The van der Waals surface area contributed by atoms with Crippen LogP contribution in [-0.2, 0) is 0 Å². The molecule has 3 N–H and O–H groups in total. The van der Waals surface area contributed by atoms with Crippen molar-refractivity contribution < 1.29 is 23.5 Å². The molecule has 7 heteroatoms. The molecule has 132 valence electrons. The van der Waals surface area contributed by atoms with Crippen LogP contribution in [0, 0.1) is 11.6 Å². The molecule has 2 atom stereocenters. The number of carbonyl (C=O) groups excluding carboxylic acids is 2. The summed E-state index contributed by atoms with van der Waals surface area (Å²) in [6.45, 7) is 2.94. The molecule has 2 rings (SSSR count). The molecule has 0 aliphatic rings. The van der Waals surface area contributed by atoms with Crippen LogP contribution in [0.15, 0.2) is 42.5 Å². The van der Waals surface area contributed by atoms with Gasteiger partial charge in [-0.2, -0.15) is 0 Å². The topological polar surface area (TPSA) is 78.4 Å². The summed E-state index contributed by atoms with van der Waals surface area (Å²) in [6.07, 6.45) is -1.22. The molecule has 0 heterocycles. The van der Waals surface area contributed by atoms with Gasteiger partial charge >= 0.3 is 6.03 Å². The molecule has 25 heavy (non-hydrogen) atoms. The Labute approximate surface area is 143 Å². The number of benzene rings is 2. The lowest BCUT2D eigenvalue weighted by molar-refractivity contribution is 0.101. The lowest BCUT2D eigenvalue weighted by Gasteiger charge is -2.21. The Morgan fingerprint density at radius 3 is 2.44 bits per heavy atom. The average Bonchev–Trinajstić information content (AvgIpc) is 2.56. The van der Waals surface area contributed by atoms with Crippen molar-refractivity contribution in [3.05, 3.63) is 65.2 Å². The standard InChI is InChI=1S/C18H18F2N2O3/c1-10(17(24)13-6-7-15(19)16(20)9-13)21-18(25)22-14-5-3-4-12(8-14)11(2)23/h3-10,17,24H,1-2H3,(H2,21,22,25). The number of aliphatic hydroxyl groups excluding tert-OH is 1. The number of carbonyl (C=O) groups is 2. The van der Waals surface area contributed by atoms with Crippen LogP contribution < -0.4 is 10.6 Å². The van der Waals surface area contributed by atoms with Gasteiger partial charge in [0.15, 0.2) is 17.4 Å². The minimum Gasteiger partial charge on any atom is -0.386 e. The summed E-state index contributed by atoms with van der Waals surface area (Å²) in [5.74, 6) is -2.22. The fourth-order valence-corrected chi connectivity index (χ4v) is 2.25. The van der Waals surface area contributed by atoms with Crippen LogP contribution in [0.25, 0.3) is 0 Å². The second kappa shape index (κ2) is 7.85. The Bertz CT molecular complexity index is 796. The maximum absolute atomic E-state index is 13.2. The number of anilines is 1. The van der Waals surface area contributed by atoms with Crippen molar-refractivity contribution in [2.24, 2.45) is 0 Å². The second-order valence-electron chi connectivity index (χ2n) is 5.64. The van der Waals surface area contributed by atoms with Crippen molar-refractivity contribution in [2.45, 2.75) is 26.0 Å². The molecule has 0 saturated heterocycles. The number of rotatable bonds is 5. The molecule has 0 fully saturated rings. The van der Waals surface area contributed by atoms with E-state index in [0.717, 1.165) is 12.1 Å². The number of ketones is 1. The van der Waals surface area contributed by atoms with Gasteiger partial charge < -0.3 is 15.7 Å². The monoisotopic (exact) mass is 348 g/mol. The number of urea groups is 1. The zero-order valence-corrected chi connectivity index (χ0v) is 13.7. The first-order valence-corrected chi connectivity index (χ1v) is 7.59. The van der Waals surface area contributed by atoms with E-state index in [9.17, 15) is 23.5 Å². The Morgan fingerprint density at radius 1 is 1.08 bits per heavy atom. The van der Waals surface area contributed by atoms with Crippen LogP contribution in [0.3, 0.4) is 0 Å². The molecule has 2 aromatic carbocycles. The largest absolute Gasteiger partial charge is 0.386 e. The van der Waals surface area contributed by atoms with Crippen molar-refractivity contribution in [1.82, 2.24) is 5.32 Å². The fourth-order valence-electron chi connectivity index (χ4n) is 2.25. The predicted octanol–water partition coefficient (Wildman–Crippen LogP) is 3.41. The Morgan fingerprint density at radius 2 is 1.80 bits per heavy atom. The third-order valence-electron chi connectivity index (χ3n) is 3.64. The first kappa shape index (κ1) is 18.5. The van der Waals surface area contributed by atoms with Crippen LogP contribution >= 0.6 is 0 Å². The third kappa shape index (κ3) is 4.84. The normalized spacial score (nSPS) is 13.0. The minimum absolute atomic E-state index is 0.133. The highest BCUT2D eigenvalue weighted by Crippen LogP contribution is 2.19. The summed E-state index contributed by atoms with van der Waals surface area (Å²) >= 11 is 0. The summed E-state index contributed by atoms with van der Waals surface area (Å²) in [6, 6.07) is 8.07. The van der Waals surface area contributed by atoms with Gasteiger partial charge in [-0.1, -0.05) is 18.2 Å². The molecule has 0 bridgehead atoms. The molecule has 0 saturated carbocycles. The van der Waals surface area contributed by atoms with Crippen LogP contribution in [0.5, 0.6) is 0 Å². The highest BCUT2D eigenvalue weighted by Gasteiger charge is 2.20. The zero-order chi connectivity index (χ0) is 18.6. The fraction of sp³-hybridized carbons (Fsp3) is 0.222. The van der Waals surface area contributed by atoms with Crippen LogP contribution in [-0.4, -0.2) is 23.0 Å². The van der Waals surface area contributed by atoms with E-state index in [2.05, 4.69) is 10.6 Å². The van der Waals surface area contributed by atoms with Gasteiger partial charge in [0.25, 0.3) is 0 Å². The molecule has 5 nitrogen and oxygen atoms in total. The highest BCUT2D eigenvalue weighted by molar-refractivity contribution is 5.96. The summed E-state index contributed by atoms with van der Waals surface area (Å²) in [4.78, 5) is 23.3. The number of hydrogen-bond donors (Lipinski definition) is 3. The zero-order valence-electron chi connectivity index (χ0n) is 13.7. The summed E-state index contributed by atoms with van der Waals surface area (Å²) in [5, 5.41) is 15.2. The smallest absolute Gasteiger partial charge is 0.319 e. The van der Waals surface area contributed by atoms with Gasteiger partial charge in [-0.3, -0.25) is 4.79 Å². The SMILES string of the molecule is CC(=O)c1cccc(NC(=O)NC(C)C(O)c2ccc(F)c(F)c2)c1. The number of halogens is 2. The predicted molar refractivity (Wildman–Crippen MR) is 89.4 cm³/mol. The van der Waals surface area contributed by atoms with Gasteiger partial charge in [-0.25, -0.2) is 13.6 Å². The van der Waals surface area contributed by atoms with E-state index in [1.165, 1.54) is 26.0 Å². The van der Waals surface area contributed by atoms with Crippen molar-refractivity contribution >= 4 is 17.5 Å². The first-order chi connectivity index (χ1) is 11.8. The van der Waals surface area contributed by atoms with E-state index < -0.39 is 29.8 Å². The van der Waals surface area contributed by atoms with Gasteiger partial charge in [0.05, 0.1) is 12.1 Å². The second-order valence-corrected chi connectivity index (χ2v) is 5.64. The average molecular weight is 348 g/mol. The van der Waals surface area contributed by atoms with Gasteiger partial charge in [-0.15, -0.1) is 0 Å². The van der Waals surface area contributed by atoms with Gasteiger partial charge in [0, 0.05) is 11.3 Å². The van der Waals surface area contributed by atoms with E-state index >= 15 is 0 Å². The van der Waals surface area contributed by atoms with Crippen LogP contribution in [0.1, 0.15) is 35.9 Å². The Balaban J connectivity index is 2.00. The number of nitrogens with one attached hydrogen (secondary N) is 2.